The number of benzene rings is 2. The van der Waals surface area contributed by atoms with Gasteiger partial charge in [0, 0.05) is 31.3 Å². The normalized spacial score (nSPS) is 10.1. The van der Waals surface area contributed by atoms with Gasteiger partial charge in [-0.15, -0.1) is 0 Å². The number of carbonyl (C=O) groups excluding carboxylic acids is 2. The molecule has 25 heavy (non-hydrogen) atoms. The van der Waals surface area contributed by atoms with Crippen LogP contribution >= 0.6 is 0 Å². The highest BCUT2D eigenvalue weighted by molar-refractivity contribution is 5.88. The van der Waals surface area contributed by atoms with Crippen LogP contribution in [0.2, 0.25) is 0 Å². The minimum absolute atomic E-state index is 0.0514. The molecule has 0 spiro atoms. The van der Waals surface area contributed by atoms with Crippen LogP contribution in [-0.4, -0.2) is 23.3 Å². The molecule has 2 N–H and O–H groups in total. The van der Waals surface area contributed by atoms with E-state index in [-0.39, 0.29) is 23.9 Å². The van der Waals surface area contributed by atoms with Crippen molar-refractivity contribution in [2.24, 2.45) is 0 Å². The van der Waals surface area contributed by atoms with Gasteiger partial charge >= 0.3 is 0 Å². The molecule has 7 nitrogen and oxygen atoms in total. The second kappa shape index (κ2) is 8.58. The molecule has 2 amide bonds. The molecule has 0 fully saturated rings. The van der Waals surface area contributed by atoms with E-state index in [2.05, 4.69) is 10.6 Å². The summed E-state index contributed by atoms with van der Waals surface area (Å²) in [5, 5.41) is 16.1. The van der Waals surface area contributed by atoms with Crippen molar-refractivity contribution in [2.75, 3.05) is 11.9 Å². The second-order valence-electron chi connectivity index (χ2n) is 5.58. The monoisotopic (exact) mass is 341 g/mol. The molecule has 0 saturated heterocycles. The summed E-state index contributed by atoms with van der Waals surface area (Å²) in [5.41, 5.74) is 2.51. The predicted molar refractivity (Wildman–Crippen MR) is 94.3 cm³/mol. The number of carbonyl (C=O) groups is 2. The van der Waals surface area contributed by atoms with Crippen molar-refractivity contribution in [2.45, 2.75) is 19.8 Å². The number of amides is 2. The van der Waals surface area contributed by atoms with Crippen molar-refractivity contribution in [3.05, 3.63) is 69.8 Å². The Morgan fingerprint density at radius 2 is 1.60 bits per heavy atom. The average molecular weight is 341 g/mol. The molecule has 0 heterocycles. The van der Waals surface area contributed by atoms with Crippen molar-refractivity contribution in [3.63, 3.8) is 0 Å². The first kappa shape index (κ1) is 18.1. The highest BCUT2D eigenvalue weighted by Crippen LogP contribution is 2.12. The fourth-order valence-electron chi connectivity index (χ4n) is 2.29. The van der Waals surface area contributed by atoms with Crippen LogP contribution in [0.4, 0.5) is 11.4 Å². The van der Waals surface area contributed by atoms with Crippen LogP contribution in [0.25, 0.3) is 0 Å². The number of nitrogens with zero attached hydrogens (tertiary/aromatic N) is 1. The number of hydrogen-bond acceptors (Lipinski definition) is 4. The van der Waals surface area contributed by atoms with Gasteiger partial charge in [0.05, 0.1) is 11.3 Å². The van der Waals surface area contributed by atoms with Crippen LogP contribution in [0.15, 0.2) is 48.5 Å². The van der Waals surface area contributed by atoms with Gasteiger partial charge in [0.15, 0.2) is 0 Å². The summed E-state index contributed by atoms with van der Waals surface area (Å²) in [6.45, 7) is 1.90. The third-order valence-electron chi connectivity index (χ3n) is 3.52. The van der Waals surface area contributed by atoms with Crippen molar-refractivity contribution in [1.82, 2.24) is 5.32 Å². The highest BCUT2D eigenvalue weighted by Gasteiger charge is 2.06. The maximum atomic E-state index is 11.9. The molecular formula is C18H19N3O4. The van der Waals surface area contributed by atoms with Gasteiger partial charge in [0.2, 0.25) is 11.8 Å². The SMILES string of the molecule is CC(=O)Nc1ccc(CC(=O)NCCc2ccc([N+](=O)[O-])cc2)cc1. The van der Waals surface area contributed by atoms with Gasteiger partial charge in [-0.2, -0.15) is 0 Å². The standard InChI is InChI=1S/C18H19N3O4/c1-13(22)20-16-6-2-15(3-7-16)12-18(23)19-11-10-14-4-8-17(9-5-14)21(24)25/h2-9H,10-12H2,1H3,(H,19,23)(H,20,22). The lowest BCUT2D eigenvalue weighted by Crippen LogP contribution is -2.27. The molecule has 0 aliphatic carbocycles. The molecule has 2 aromatic carbocycles. The van der Waals surface area contributed by atoms with Gasteiger partial charge in [-0.3, -0.25) is 19.7 Å². The molecule has 130 valence electrons. The van der Waals surface area contributed by atoms with Crippen molar-refractivity contribution < 1.29 is 14.5 Å². The molecule has 2 aromatic rings. The molecule has 0 radical (unpaired) electrons. The first-order chi connectivity index (χ1) is 11.9. The lowest BCUT2D eigenvalue weighted by atomic mass is 10.1. The lowest BCUT2D eigenvalue weighted by Gasteiger charge is -2.07. The van der Waals surface area contributed by atoms with Gasteiger partial charge < -0.3 is 10.6 Å². The Hall–Kier alpha value is -3.22. The Morgan fingerprint density at radius 3 is 2.16 bits per heavy atom. The number of nitrogens with one attached hydrogen (secondary N) is 2. The fraction of sp³-hybridized carbons (Fsp3) is 0.222. The summed E-state index contributed by atoms with van der Waals surface area (Å²) < 4.78 is 0. The van der Waals surface area contributed by atoms with Crippen LogP contribution in [0.1, 0.15) is 18.1 Å². The Labute approximate surface area is 145 Å². The van der Waals surface area contributed by atoms with Crippen LogP contribution in [0, 0.1) is 10.1 Å². The van der Waals surface area contributed by atoms with Crippen LogP contribution < -0.4 is 10.6 Å². The van der Waals surface area contributed by atoms with Crippen molar-refractivity contribution in [3.8, 4) is 0 Å². The maximum Gasteiger partial charge on any atom is 0.269 e. The summed E-state index contributed by atoms with van der Waals surface area (Å²) in [7, 11) is 0. The maximum absolute atomic E-state index is 11.9. The molecular weight excluding hydrogens is 322 g/mol. The summed E-state index contributed by atoms with van der Waals surface area (Å²) in [6, 6.07) is 13.4. The zero-order chi connectivity index (χ0) is 18.2. The molecule has 0 unspecified atom stereocenters. The van der Waals surface area contributed by atoms with E-state index in [0.29, 0.717) is 18.7 Å². The van der Waals surface area contributed by atoms with Crippen molar-refractivity contribution in [1.29, 1.82) is 0 Å². The third kappa shape index (κ3) is 6.06. The number of anilines is 1. The van der Waals surface area contributed by atoms with Gasteiger partial charge in [-0.25, -0.2) is 0 Å². The quantitative estimate of drug-likeness (QED) is 0.596. The third-order valence-corrected chi connectivity index (χ3v) is 3.52. The summed E-state index contributed by atoms with van der Waals surface area (Å²) in [6.07, 6.45) is 0.853. The lowest BCUT2D eigenvalue weighted by molar-refractivity contribution is -0.384. The summed E-state index contributed by atoms with van der Waals surface area (Å²) in [5.74, 6) is -0.245. The molecule has 0 aliphatic rings. The zero-order valence-electron chi connectivity index (χ0n) is 13.8. The minimum atomic E-state index is -0.442. The first-order valence-electron chi connectivity index (χ1n) is 7.80. The number of non-ortho nitro benzene ring substituents is 1. The van der Waals surface area contributed by atoms with E-state index in [0.717, 1.165) is 11.1 Å². The van der Waals surface area contributed by atoms with E-state index in [1.54, 1.807) is 36.4 Å². The molecule has 2 rings (SSSR count). The molecule has 7 heteroatoms. The van der Waals surface area contributed by atoms with Crippen molar-refractivity contribution >= 4 is 23.2 Å². The molecule has 0 bridgehead atoms. The van der Waals surface area contributed by atoms with Gasteiger partial charge in [0.25, 0.3) is 5.69 Å². The number of nitro benzene ring substituents is 1. The van der Waals surface area contributed by atoms with Crippen LogP contribution in [0.3, 0.4) is 0 Å². The number of nitro groups is 1. The molecule has 0 saturated carbocycles. The first-order valence-corrected chi connectivity index (χ1v) is 7.80. The van der Waals surface area contributed by atoms with E-state index >= 15 is 0 Å². The second-order valence-corrected chi connectivity index (χ2v) is 5.58. The number of hydrogen-bond donors (Lipinski definition) is 2. The summed E-state index contributed by atoms with van der Waals surface area (Å²) >= 11 is 0. The van der Waals surface area contributed by atoms with Crippen LogP contribution in [-0.2, 0) is 22.4 Å². The van der Waals surface area contributed by atoms with E-state index in [1.165, 1.54) is 19.1 Å². The van der Waals surface area contributed by atoms with Crippen LogP contribution in [0.5, 0.6) is 0 Å². The molecule has 0 aliphatic heterocycles. The summed E-state index contributed by atoms with van der Waals surface area (Å²) in [4.78, 5) is 33.0. The molecule has 0 atom stereocenters. The van der Waals surface area contributed by atoms with Gasteiger partial charge in [0.1, 0.15) is 0 Å². The largest absolute Gasteiger partial charge is 0.355 e. The fourth-order valence-corrected chi connectivity index (χ4v) is 2.29. The van der Waals surface area contributed by atoms with Gasteiger partial charge in [-0.05, 0) is 29.7 Å². The van der Waals surface area contributed by atoms with E-state index in [4.69, 9.17) is 0 Å². The van der Waals surface area contributed by atoms with Gasteiger partial charge in [-0.1, -0.05) is 24.3 Å². The van der Waals surface area contributed by atoms with E-state index in [9.17, 15) is 19.7 Å². The Balaban J connectivity index is 1.76. The average Bonchev–Trinajstić information content (AvgIpc) is 2.56. The Kier molecular flexibility index (Phi) is 6.22. The highest BCUT2D eigenvalue weighted by atomic mass is 16.6. The topological polar surface area (TPSA) is 101 Å². The zero-order valence-corrected chi connectivity index (χ0v) is 13.8. The van der Waals surface area contributed by atoms with E-state index in [1.807, 2.05) is 0 Å². The minimum Gasteiger partial charge on any atom is -0.355 e. The smallest absolute Gasteiger partial charge is 0.269 e. The Bertz CT molecular complexity index is 755. The number of rotatable bonds is 7. The van der Waals surface area contributed by atoms with E-state index < -0.39 is 4.92 Å². The Morgan fingerprint density at radius 1 is 1.00 bits per heavy atom. The predicted octanol–water partition coefficient (Wildman–Crippen LogP) is 2.45. The molecule has 0 aromatic heterocycles.